The molecule has 2 amide bonds. The molecule has 8 heteroatoms. The van der Waals surface area contributed by atoms with Gasteiger partial charge in [0.1, 0.15) is 5.82 Å². The first-order valence-electron chi connectivity index (χ1n) is 11.7. The number of urea groups is 1. The van der Waals surface area contributed by atoms with Crippen molar-refractivity contribution in [3.8, 4) is 11.4 Å². The number of morpholine rings is 1. The second-order valence-corrected chi connectivity index (χ2v) is 9.09. The molecule has 1 saturated carbocycles. The number of fused-ring (bicyclic) bond motifs is 1. The lowest BCUT2D eigenvalue weighted by Crippen LogP contribution is -2.44. The number of rotatable bonds is 6. The molecule has 3 aliphatic rings. The number of benzene rings is 1. The maximum atomic E-state index is 11.8. The predicted molar refractivity (Wildman–Crippen MR) is 125 cm³/mol. The molecule has 2 N–H and O–H groups in total. The number of hydrogen-bond donors (Lipinski definition) is 2. The van der Waals surface area contributed by atoms with Crippen molar-refractivity contribution in [3.63, 3.8) is 0 Å². The highest BCUT2D eigenvalue weighted by Crippen LogP contribution is 2.36. The van der Waals surface area contributed by atoms with Crippen LogP contribution < -0.4 is 15.5 Å². The summed E-state index contributed by atoms with van der Waals surface area (Å²) in [4.78, 5) is 26.8. The maximum absolute atomic E-state index is 11.8. The Morgan fingerprint density at radius 1 is 1.19 bits per heavy atom. The van der Waals surface area contributed by atoms with E-state index in [0.29, 0.717) is 6.54 Å². The van der Waals surface area contributed by atoms with E-state index in [1.54, 1.807) is 0 Å². The molecule has 0 bridgehead atoms. The first-order chi connectivity index (χ1) is 15.6. The van der Waals surface area contributed by atoms with Crippen LogP contribution in [0.1, 0.15) is 37.9 Å². The van der Waals surface area contributed by atoms with Crippen molar-refractivity contribution in [2.24, 2.45) is 5.92 Å². The van der Waals surface area contributed by atoms with E-state index in [1.165, 1.54) is 18.4 Å². The first-order valence-corrected chi connectivity index (χ1v) is 11.7. The topological polar surface area (TPSA) is 82.6 Å². The van der Waals surface area contributed by atoms with Gasteiger partial charge in [-0.05, 0) is 56.9 Å². The van der Waals surface area contributed by atoms with E-state index in [0.717, 1.165) is 73.9 Å². The van der Waals surface area contributed by atoms with Crippen LogP contribution in [0.15, 0.2) is 24.3 Å². The van der Waals surface area contributed by atoms with Gasteiger partial charge in [0.25, 0.3) is 0 Å². The first kappa shape index (κ1) is 21.2. The normalized spacial score (nSPS) is 20.8. The van der Waals surface area contributed by atoms with Crippen LogP contribution in [0.2, 0.25) is 0 Å². The molecule has 1 unspecified atom stereocenters. The summed E-state index contributed by atoms with van der Waals surface area (Å²) in [5.74, 6) is 2.66. The largest absolute Gasteiger partial charge is 0.377 e. The minimum atomic E-state index is -0.201. The number of aromatic nitrogens is 2. The van der Waals surface area contributed by atoms with Gasteiger partial charge >= 0.3 is 6.03 Å². The number of nitrogens with one attached hydrogen (secondary N) is 2. The lowest BCUT2D eigenvalue weighted by Gasteiger charge is -2.35. The van der Waals surface area contributed by atoms with Crippen LogP contribution >= 0.6 is 0 Å². The molecule has 2 aromatic rings. The van der Waals surface area contributed by atoms with Gasteiger partial charge in [0.15, 0.2) is 5.82 Å². The third-order valence-electron chi connectivity index (χ3n) is 6.42. The number of carbonyl (C=O) groups is 1. The summed E-state index contributed by atoms with van der Waals surface area (Å²) in [6, 6.07) is 7.85. The van der Waals surface area contributed by atoms with Gasteiger partial charge < -0.3 is 20.3 Å². The van der Waals surface area contributed by atoms with Crippen molar-refractivity contribution in [1.82, 2.24) is 20.2 Å². The quantitative estimate of drug-likeness (QED) is 0.724. The monoisotopic (exact) mass is 436 g/mol. The molecule has 1 aliphatic carbocycles. The fraction of sp³-hybridized carbons (Fsp3) is 0.542. The molecule has 1 aromatic heterocycles. The number of amides is 2. The fourth-order valence-corrected chi connectivity index (χ4v) is 4.54. The smallest absolute Gasteiger partial charge is 0.319 e. The van der Waals surface area contributed by atoms with Crippen LogP contribution in [0.5, 0.6) is 0 Å². The summed E-state index contributed by atoms with van der Waals surface area (Å²) in [5, 5.41) is 5.59. The van der Waals surface area contributed by atoms with Crippen LogP contribution in [0, 0.1) is 5.92 Å². The average molecular weight is 437 g/mol. The summed E-state index contributed by atoms with van der Waals surface area (Å²) < 4.78 is 5.68. The second-order valence-electron chi connectivity index (χ2n) is 9.09. The van der Waals surface area contributed by atoms with E-state index in [2.05, 4.69) is 27.4 Å². The van der Waals surface area contributed by atoms with Crippen LogP contribution in [0.4, 0.5) is 16.3 Å². The summed E-state index contributed by atoms with van der Waals surface area (Å²) in [5.41, 5.74) is 4.13. The van der Waals surface area contributed by atoms with Crippen LogP contribution in [-0.4, -0.2) is 59.8 Å². The molecule has 8 nitrogen and oxygen atoms in total. The van der Waals surface area contributed by atoms with Gasteiger partial charge in [0.2, 0.25) is 0 Å². The Balaban J connectivity index is 1.44. The molecule has 170 valence electrons. The Bertz CT molecular complexity index is 975. The van der Waals surface area contributed by atoms with Crippen molar-refractivity contribution in [2.75, 3.05) is 43.1 Å². The van der Waals surface area contributed by atoms with Crippen molar-refractivity contribution < 1.29 is 9.53 Å². The molecule has 32 heavy (non-hydrogen) atoms. The maximum Gasteiger partial charge on any atom is 0.319 e. The third kappa shape index (κ3) is 4.56. The molecule has 3 heterocycles. The van der Waals surface area contributed by atoms with Crippen LogP contribution in [0.3, 0.4) is 0 Å². The molecule has 2 fully saturated rings. The molecule has 1 aromatic carbocycles. The van der Waals surface area contributed by atoms with E-state index < -0.39 is 0 Å². The van der Waals surface area contributed by atoms with Crippen molar-refractivity contribution in [3.05, 3.63) is 35.5 Å². The Morgan fingerprint density at radius 3 is 2.72 bits per heavy atom. The zero-order valence-corrected chi connectivity index (χ0v) is 18.9. The van der Waals surface area contributed by atoms with Crippen molar-refractivity contribution in [2.45, 2.75) is 45.8 Å². The molecule has 5 rings (SSSR count). The van der Waals surface area contributed by atoms with E-state index in [9.17, 15) is 4.79 Å². The van der Waals surface area contributed by atoms with Crippen molar-refractivity contribution in [1.29, 1.82) is 0 Å². The van der Waals surface area contributed by atoms with Gasteiger partial charge in [-0.1, -0.05) is 0 Å². The highest BCUT2D eigenvalue weighted by Gasteiger charge is 2.33. The number of anilines is 2. The predicted octanol–water partition coefficient (Wildman–Crippen LogP) is 3.24. The van der Waals surface area contributed by atoms with Crippen LogP contribution in [0.25, 0.3) is 11.4 Å². The summed E-state index contributed by atoms with van der Waals surface area (Å²) >= 11 is 0. The number of hydrogen-bond acceptors (Lipinski definition) is 6. The second kappa shape index (κ2) is 9.03. The SMILES string of the molecule is CCNC(=O)Nc1ccc(-c2nc3c(c(N4CCOCC4C)n2)CN(CC2CC2)C3)cc1. The van der Waals surface area contributed by atoms with E-state index in [4.69, 9.17) is 14.7 Å². The minimum absolute atomic E-state index is 0.201. The standard InChI is InChI=1S/C24H32N6O2/c1-3-25-24(31)26-19-8-6-18(7-9-19)22-27-21-14-29(12-17-4-5-17)13-20(21)23(28-22)30-10-11-32-15-16(30)2/h6-9,16-17H,3-5,10-15H2,1-2H3,(H2,25,26,31). The molecular formula is C24H32N6O2. The zero-order valence-electron chi connectivity index (χ0n) is 18.9. The minimum Gasteiger partial charge on any atom is -0.377 e. The zero-order chi connectivity index (χ0) is 22.1. The molecule has 1 saturated heterocycles. The third-order valence-corrected chi connectivity index (χ3v) is 6.42. The summed E-state index contributed by atoms with van der Waals surface area (Å²) in [6.45, 7) is 9.97. The van der Waals surface area contributed by atoms with E-state index >= 15 is 0 Å². The lowest BCUT2D eigenvalue weighted by molar-refractivity contribution is 0.0984. The highest BCUT2D eigenvalue weighted by atomic mass is 16.5. The molecule has 0 spiro atoms. The highest BCUT2D eigenvalue weighted by molar-refractivity contribution is 5.89. The number of carbonyl (C=O) groups excluding carboxylic acids is 1. The van der Waals surface area contributed by atoms with Gasteiger partial charge in [-0.2, -0.15) is 0 Å². The summed E-state index contributed by atoms with van der Waals surface area (Å²) in [6.07, 6.45) is 2.71. The number of ether oxygens (including phenoxy) is 1. The molecule has 0 radical (unpaired) electrons. The molecular weight excluding hydrogens is 404 g/mol. The lowest BCUT2D eigenvalue weighted by atomic mass is 10.1. The Labute approximate surface area is 189 Å². The van der Waals surface area contributed by atoms with Gasteiger partial charge in [-0.25, -0.2) is 14.8 Å². The van der Waals surface area contributed by atoms with E-state index in [1.807, 2.05) is 31.2 Å². The average Bonchev–Trinajstić information content (AvgIpc) is 3.50. The van der Waals surface area contributed by atoms with Gasteiger partial charge in [0.05, 0.1) is 24.9 Å². The van der Waals surface area contributed by atoms with Gasteiger partial charge in [-0.3, -0.25) is 4.90 Å². The Kier molecular flexibility index (Phi) is 5.97. The van der Waals surface area contributed by atoms with E-state index in [-0.39, 0.29) is 12.1 Å². The Hall–Kier alpha value is -2.71. The van der Waals surface area contributed by atoms with Crippen LogP contribution in [-0.2, 0) is 17.8 Å². The molecule has 1 atom stereocenters. The fourth-order valence-electron chi connectivity index (χ4n) is 4.54. The summed E-state index contributed by atoms with van der Waals surface area (Å²) in [7, 11) is 0. The Morgan fingerprint density at radius 2 is 2.00 bits per heavy atom. The molecule has 2 aliphatic heterocycles. The number of nitrogens with zero attached hydrogens (tertiary/aromatic N) is 4. The van der Waals surface area contributed by atoms with Crippen molar-refractivity contribution >= 4 is 17.5 Å². The van der Waals surface area contributed by atoms with Gasteiger partial charge in [-0.15, -0.1) is 0 Å². The van der Waals surface area contributed by atoms with Gasteiger partial charge in [0, 0.05) is 49.5 Å².